The molecule has 1 N–H and O–H groups in total. The standard InChI is InChI=1S/C17H20Cl2N3O2P/c1-11-8-16(14(19)9-13(11)18)24-10-15-12(6-7-21(2)3)17(23)22(20-15)25(4)5/h6-9H,4,10H2,1-3,5H3/p+1/b7-6-. The molecule has 1 atom stereocenters. The van der Waals surface area contributed by atoms with Crippen LogP contribution < -0.4 is 10.3 Å². The van der Waals surface area contributed by atoms with E-state index in [4.69, 9.17) is 27.9 Å². The molecule has 0 bridgehead atoms. The quantitative estimate of drug-likeness (QED) is 0.738. The molecule has 1 aromatic carbocycles. The van der Waals surface area contributed by atoms with E-state index in [9.17, 15) is 4.79 Å². The van der Waals surface area contributed by atoms with Gasteiger partial charge in [-0.05, 0) is 36.9 Å². The largest absolute Gasteiger partial charge is 0.486 e. The topological polar surface area (TPSA) is 50.3 Å². The maximum Gasteiger partial charge on any atom is 0.315 e. The summed E-state index contributed by atoms with van der Waals surface area (Å²) < 4.78 is 7.36. The fraction of sp³-hybridized carbons (Fsp3) is 0.294. The van der Waals surface area contributed by atoms with Crippen LogP contribution in [0.15, 0.2) is 23.1 Å². The van der Waals surface area contributed by atoms with Crippen LogP contribution in [0.3, 0.4) is 0 Å². The average molecular weight is 401 g/mol. The second kappa shape index (κ2) is 8.13. The Labute approximate surface area is 158 Å². The zero-order valence-corrected chi connectivity index (χ0v) is 17.0. The van der Waals surface area contributed by atoms with Crippen molar-refractivity contribution in [2.24, 2.45) is 0 Å². The molecule has 1 aromatic heterocycles. The van der Waals surface area contributed by atoms with E-state index >= 15 is 0 Å². The summed E-state index contributed by atoms with van der Waals surface area (Å²) >= 11 is 12.2. The Kier molecular flexibility index (Phi) is 6.39. The third-order valence-corrected chi connectivity index (χ3v) is 5.12. The summed E-state index contributed by atoms with van der Waals surface area (Å²) in [5.74, 6) is 0.521. The number of nitrogens with one attached hydrogen (secondary N) is 1. The van der Waals surface area contributed by atoms with Crippen molar-refractivity contribution in [1.29, 1.82) is 0 Å². The molecule has 8 heteroatoms. The first-order valence-electron chi connectivity index (χ1n) is 7.52. The number of hydrogen-bond donors (Lipinski definition) is 1. The molecule has 0 saturated heterocycles. The molecule has 0 aliphatic heterocycles. The SMILES string of the molecule is C=[P+](C)n1[nH]c(COc2cc(C)c(Cl)cc2Cl)c(/C=C\N(C)C)c1=O. The molecule has 2 aromatic rings. The van der Waals surface area contributed by atoms with Gasteiger partial charge in [0.25, 0.3) is 0 Å². The summed E-state index contributed by atoms with van der Waals surface area (Å²) in [6.45, 7) is 3.96. The van der Waals surface area contributed by atoms with Gasteiger partial charge in [-0.2, -0.15) is 0 Å². The first kappa shape index (κ1) is 19.6. The Bertz CT molecular complexity index is 885. The van der Waals surface area contributed by atoms with Gasteiger partial charge < -0.3 is 9.64 Å². The van der Waals surface area contributed by atoms with E-state index in [1.807, 2.05) is 38.8 Å². The van der Waals surface area contributed by atoms with Crippen molar-refractivity contribution >= 4 is 43.3 Å². The molecule has 2 rings (SSSR count). The van der Waals surface area contributed by atoms with Gasteiger partial charge in [-0.3, -0.25) is 9.89 Å². The van der Waals surface area contributed by atoms with Crippen LogP contribution in [-0.4, -0.2) is 41.5 Å². The minimum Gasteiger partial charge on any atom is -0.486 e. The van der Waals surface area contributed by atoms with E-state index in [-0.39, 0.29) is 12.2 Å². The van der Waals surface area contributed by atoms with Crippen LogP contribution >= 0.6 is 30.9 Å². The van der Waals surface area contributed by atoms with Crippen LogP contribution in [0.2, 0.25) is 10.0 Å². The van der Waals surface area contributed by atoms with Crippen molar-refractivity contribution in [3.8, 4) is 5.75 Å². The smallest absolute Gasteiger partial charge is 0.315 e. The second-order valence-corrected chi connectivity index (χ2v) is 8.41. The molecule has 0 fully saturated rings. The number of aryl methyl sites for hydroxylation is 1. The van der Waals surface area contributed by atoms with Gasteiger partial charge in [-0.1, -0.05) is 27.7 Å². The second-order valence-electron chi connectivity index (χ2n) is 5.88. The molecule has 0 spiro atoms. The van der Waals surface area contributed by atoms with Crippen LogP contribution in [0.1, 0.15) is 16.8 Å². The zero-order chi connectivity index (χ0) is 18.7. The molecule has 0 saturated carbocycles. The van der Waals surface area contributed by atoms with Crippen molar-refractivity contribution in [3.05, 3.63) is 55.6 Å². The summed E-state index contributed by atoms with van der Waals surface area (Å²) in [7, 11) is 2.92. The highest BCUT2D eigenvalue weighted by molar-refractivity contribution is 7.53. The number of ether oxygens (including phenoxy) is 1. The first-order chi connectivity index (χ1) is 11.7. The number of rotatable bonds is 6. The molecule has 134 valence electrons. The van der Waals surface area contributed by atoms with E-state index in [1.54, 1.807) is 18.2 Å². The number of nitrogens with zero attached hydrogens (tertiary/aromatic N) is 2. The predicted octanol–water partition coefficient (Wildman–Crippen LogP) is 4.21. The van der Waals surface area contributed by atoms with Crippen LogP contribution in [0, 0.1) is 6.92 Å². The fourth-order valence-electron chi connectivity index (χ4n) is 2.12. The van der Waals surface area contributed by atoms with Gasteiger partial charge in [0.15, 0.2) is 0 Å². The highest BCUT2D eigenvalue weighted by Gasteiger charge is 2.18. The molecule has 1 heterocycles. The lowest BCUT2D eigenvalue weighted by Crippen LogP contribution is -2.12. The van der Waals surface area contributed by atoms with Gasteiger partial charge in [0.2, 0.25) is 7.70 Å². The summed E-state index contributed by atoms with van der Waals surface area (Å²) in [6, 6.07) is 3.43. The summed E-state index contributed by atoms with van der Waals surface area (Å²) in [5, 5.41) is 4.11. The lowest BCUT2D eigenvalue weighted by Gasteiger charge is -2.09. The molecule has 0 aliphatic rings. The number of aromatic amines is 1. The van der Waals surface area contributed by atoms with Crippen molar-refractivity contribution in [2.75, 3.05) is 20.8 Å². The van der Waals surface area contributed by atoms with Crippen LogP contribution in [0.5, 0.6) is 5.75 Å². The van der Waals surface area contributed by atoms with Crippen molar-refractivity contribution in [2.45, 2.75) is 13.5 Å². The van der Waals surface area contributed by atoms with E-state index in [2.05, 4.69) is 11.4 Å². The summed E-state index contributed by atoms with van der Waals surface area (Å²) in [4.78, 5) is 14.4. The normalized spacial score (nSPS) is 11.8. The summed E-state index contributed by atoms with van der Waals surface area (Å²) in [5.41, 5.74) is 1.98. The lowest BCUT2D eigenvalue weighted by molar-refractivity contribution is 0.300. The Morgan fingerprint density at radius 3 is 2.64 bits per heavy atom. The predicted molar refractivity (Wildman–Crippen MR) is 109 cm³/mol. The monoisotopic (exact) mass is 400 g/mol. The molecular formula is C17H21Cl2N3O2P+. The minimum atomic E-state index is -0.866. The van der Waals surface area contributed by atoms with Gasteiger partial charge >= 0.3 is 5.56 Å². The third-order valence-electron chi connectivity index (χ3n) is 3.45. The van der Waals surface area contributed by atoms with Gasteiger partial charge in [-0.15, -0.1) is 0 Å². The van der Waals surface area contributed by atoms with Gasteiger partial charge in [0.1, 0.15) is 19.0 Å². The van der Waals surface area contributed by atoms with Gasteiger partial charge in [0, 0.05) is 19.1 Å². The van der Waals surface area contributed by atoms with Crippen molar-refractivity contribution in [1.82, 2.24) is 14.5 Å². The highest BCUT2D eigenvalue weighted by Crippen LogP contribution is 2.31. The Balaban J connectivity index is 2.35. The lowest BCUT2D eigenvalue weighted by atomic mass is 10.2. The number of aromatic nitrogens is 2. The van der Waals surface area contributed by atoms with E-state index in [1.165, 1.54) is 4.45 Å². The molecule has 0 amide bonds. The Morgan fingerprint density at radius 1 is 1.36 bits per heavy atom. The maximum atomic E-state index is 12.6. The number of hydrogen-bond acceptors (Lipinski definition) is 3. The number of H-pyrrole nitrogens is 1. The molecule has 1 unspecified atom stereocenters. The number of benzene rings is 1. The molecular weight excluding hydrogens is 380 g/mol. The van der Waals surface area contributed by atoms with Crippen molar-refractivity contribution in [3.63, 3.8) is 0 Å². The fourth-order valence-corrected chi connectivity index (χ4v) is 3.27. The average Bonchev–Trinajstić information content (AvgIpc) is 2.84. The maximum absolute atomic E-state index is 12.6. The summed E-state index contributed by atoms with van der Waals surface area (Å²) in [6.07, 6.45) is 7.54. The molecule has 0 aliphatic carbocycles. The molecule has 5 nitrogen and oxygen atoms in total. The van der Waals surface area contributed by atoms with Crippen LogP contribution in [0.4, 0.5) is 0 Å². The van der Waals surface area contributed by atoms with E-state index < -0.39 is 7.70 Å². The third kappa shape index (κ3) is 4.69. The van der Waals surface area contributed by atoms with Crippen LogP contribution in [0.25, 0.3) is 6.08 Å². The van der Waals surface area contributed by atoms with Crippen LogP contribution in [-0.2, 0) is 6.61 Å². The van der Waals surface area contributed by atoms with E-state index in [0.717, 1.165) is 5.56 Å². The first-order valence-corrected chi connectivity index (χ1v) is 10.2. The van der Waals surface area contributed by atoms with E-state index in [0.29, 0.717) is 27.1 Å². The zero-order valence-electron chi connectivity index (χ0n) is 14.6. The van der Waals surface area contributed by atoms with Crippen molar-refractivity contribution < 1.29 is 4.74 Å². The minimum absolute atomic E-state index is 0.112. The molecule has 0 radical (unpaired) electrons. The Morgan fingerprint density at radius 2 is 2.04 bits per heavy atom. The Hall–Kier alpha value is -1.68. The highest BCUT2D eigenvalue weighted by atomic mass is 35.5. The van der Waals surface area contributed by atoms with Gasteiger partial charge in [0.05, 0.1) is 22.6 Å². The molecule has 25 heavy (non-hydrogen) atoms. The van der Waals surface area contributed by atoms with Gasteiger partial charge in [-0.25, -0.2) is 0 Å². The number of halogens is 2.